The third kappa shape index (κ3) is 4.91. The van der Waals surface area contributed by atoms with Gasteiger partial charge in [-0.3, -0.25) is 14.4 Å². The van der Waals surface area contributed by atoms with Crippen LogP contribution in [0, 0.1) is 0 Å². The molecule has 1 atom stereocenters. The summed E-state index contributed by atoms with van der Waals surface area (Å²) in [4.78, 5) is 37.2. The molecule has 2 aliphatic rings. The molecule has 0 radical (unpaired) electrons. The lowest BCUT2D eigenvalue weighted by Crippen LogP contribution is -2.50. The number of ketones is 2. The Hall–Kier alpha value is -2.95. The van der Waals surface area contributed by atoms with Crippen molar-refractivity contribution in [2.75, 3.05) is 19.6 Å². The molecule has 0 aromatic heterocycles. The van der Waals surface area contributed by atoms with Crippen molar-refractivity contribution in [1.82, 2.24) is 10.6 Å². The number of benzene rings is 2. The molecule has 0 saturated carbocycles. The Balaban J connectivity index is 1.63. The van der Waals surface area contributed by atoms with Crippen LogP contribution < -0.4 is 21.1 Å². The van der Waals surface area contributed by atoms with Crippen LogP contribution in [0.2, 0.25) is 5.02 Å². The number of carbonyl (C=O) groups excluding carboxylic acids is 3. The summed E-state index contributed by atoms with van der Waals surface area (Å²) in [6, 6.07) is 9.43. The van der Waals surface area contributed by atoms with Crippen molar-refractivity contribution < 1.29 is 32.3 Å². The molecule has 11 heteroatoms. The molecule has 0 bridgehead atoms. The maximum absolute atomic E-state index is 13.7. The molecule has 35 heavy (non-hydrogen) atoms. The maximum Gasteiger partial charge on any atom is 0.451 e. The second kappa shape index (κ2) is 9.60. The molecule has 0 aliphatic carbocycles. The van der Waals surface area contributed by atoms with Crippen LogP contribution in [0.1, 0.15) is 44.7 Å². The number of hydrogen-bond donors (Lipinski definition) is 3. The highest BCUT2D eigenvalue weighted by atomic mass is 35.5. The highest BCUT2D eigenvalue weighted by Gasteiger charge is 2.53. The fourth-order valence-electron chi connectivity index (χ4n) is 4.66. The molecule has 2 aromatic rings. The first-order valence-corrected chi connectivity index (χ1v) is 11.4. The topological polar surface area (TPSA) is 111 Å². The zero-order valence-electron chi connectivity index (χ0n) is 18.5. The minimum Gasteiger partial charge on any atom is -0.481 e. The van der Waals surface area contributed by atoms with Gasteiger partial charge in [0.15, 0.2) is 6.10 Å². The van der Waals surface area contributed by atoms with Crippen LogP contribution in [0.25, 0.3) is 0 Å². The fraction of sp³-hybridized carbons (Fsp3) is 0.375. The second-order valence-corrected chi connectivity index (χ2v) is 9.07. The molecular formula is C24H23ClF3N3O4. The highest BCUT2D eigenvalue weighted by Crippen LogP contribution is 2.49. The van der Waals surface area contributed by atoms with Gasteiger partial charge in [-0.1, -0.05) is 23.7 Å². The molecule has 2 aromatic carbocycles. The van der Waals surface area contributed by atoms with Crippen LogP contribution in [-0.2, 0) is 16.8 Å². The Labute approximate surface area is 204 Å². The van der Waals surface area contributed by atoms with Gasteiger partial charge in [-0.2, -0.15) is 13.2 Å². The molecule has 1 spiro atoms. The van der Waals surface area contributed by atoms with Gasteiger partial charge < -0.3 is 21.1 Å². The van der Waals surface area contributed by atoms with Gasteiger partial charge in [0, 0.05) is 33.7 Å². The molecule has 7 nitrogen and oxygen atoms in total. The molecule has 1 saturated heterocycles. The average molecular weight is 510 g/mol. The van der Waals surface area contributed by atoms with Crippen LogP contribution in [0.5, 0.6) is 5.75 Å². The van der Waals surface area contributed by atoms with Crippen LogP contribution in [-0.4, -0.2) is 49.4 Å². The number of nitrogens with one attached hydrogen (secondary N) is 2. The van der Waals surface area contributed by atoms with Gasteiger partial charge in [-0.25, -0.2) is 0 Å². The number of amides is 1. The number of piperidine rings is 1. The van der Waals surface area contributed by atoms with Gasteiger partial charge in [0.25, 0.3) is 11.7 Å². The van der Waals surface area contributed by atoms with Crippen molar-refractivity contribution in [1.29, 1.82) is 0 Å². The Morgan fingerprint density at radius 2 is 1.80 bits per heavy atom. The van der Waals surface area contributed by atoms with E-state index in [2.05, 4.69) is 5.32 Å². The van der Waals surface area contributed by atoms with E-state index in [0.29, 0.717) is 38.2 Å². The van der Waals surface area contributed by atoms with Crippen molar-refractivity contribution in [2.45, 2.75) is 37.1 Å². The summed E-state index contributed by atoms with van der Waals surface area (Å²) < 4.78 is 43.5. The first-order valence-electron chi connectivity index (χ1n) is 11.0. The van der Waals surface area contributed by atoms with Crippen LogP contribution in [0.15, 0.2) is 36.4 Å². The third-order valence-corrected chi connectivity index (χ3v) is 6.69. The van der Waals surface area contributed by atoms with E-state index in [9.17, 15) is 27.6 Å². The molecule has 2 aliphatic heterocycles. The molecule has 4 N–H and O–H groups in total. The number of carbonyl (C=O) groups is 3. The zero-order chi connectivity index (χ0) is 25.4. The minimum atomic E-state index is -5.06. The van der Waals surface area contributed by atoms with E-state index in [4.69, 9.17) is 22.1 Å². The van der Waals surface area contributed by atoms with E-state index in [0.717, 1.165) is 11.1 Å². The molecule has 2 heterocycles. The standard InChI is InChI=1S/C24H23ClF3N3O4/c25-16-9-14(8-15(10-16)22(34)31-12-19(32)24(26,27)28)20(33)21-23(3-5-30-6-4-23)17-7-13(11-29)1-2-18(17)35-21/h1-2,7-10,21,30H,3-6,11-12,29H2,(H,31,34). The number of nitrogens with two attached hydrogens (primary N) is 1. The van der Waals surface area contributed by atoms with Crippen molar-refractivity contribution in [3.8, 4) is 5.75 Å². The van der Waals surface area contributed by atoms with E-state index in [1.807, 2.05) is 17.4 Å². The summed E-state index contributed by atoms with van der Waals surface area (Å²) in [5, 5.41) is 5.26. The molecule has 1 amide bonds. The van der Waals surface area contributed by atoms with Gasteiger partial charge in [0.1, 0.15) is 5.75 Å². The van der Waals surface area contributed by atoms with Crippen LogP contribution >= 0.6 is 11.6 Å². The lowest BCUT2D eigenvalue weighted by Gasteiger charge is -2.37. The molecular weight excluding hydrogens is 487 g/mol. The summed E-state index contributed by atoms with van der Waals surface area (Å²) in [5.41, 5.74) is 6.97. The first kappa shape index (κ1) is 25.2. The van der Waals surface area contributed by atoms with Crippen LogP contribution in [0.4, 0.5) is 13.2 Å². The van der Waals surface area contributed by atoms with E-state index >= 15 is 0 Å². The van der Waals surface area contributed by atoms with Gasteiger partial charge in [-0.15, -0.1) is 0 Å². The van der Waals surface area contributed by atoms with Crippen molar-refractivity contribution in [2.24, 2.45) is 5.73 Å². The lowest BCUT2D eigenvalue weighted by molar-refractivity contribution is -0.169. The predicted octanol–water partition coefficient (Wildman–Crippen LogP) is 2.93. The predicted molar refractivity (Wildman–Crippen MR) is 122 cm³/mol. The quantitative estimate of drug-likeness (QED) is 0.516. The summed E-state index contributed by atoms with van der Waals surface area (Å²) in [6.45, 7) is 0.467. The summed E-state index contributed by atoms with van der Waals surface area (Å²) in [6.07, 6.45) is -4.67. The number of halogens is 4. The number of hydrogen-bond acceptors (Lipinski definition) is 6. The summed E-state index contributed by atoms with van der Waals surface area (Å²) in [5.74, 6) is -2.86. The zero-order valence-corrected chi connectivity index (χ0v) is 19.3. The van der Waals surface area contributed by atoms with E-state index < -0.39 is 41.7 Å². The minimum absolute atomic E-state index is 0.0448. The highest BCUT2D eigenvalue weighted by molar-refractivity contribution is 6.31. The molecule has 4 rings (SSSR count). The lowest BCUT2D eigenvalue weighted by atomic mass is 9.68. The Morgan fingerprint density at radius 3 is 2.46 bits per heavy atom. The van der Waals surface area contributed by atoms with Gasteiger partial charge >= 0.3 is 6.18 Å². The van der Waals surface area contributed by atoms with Gasteiger partial charge in [-0.05, 0) is 55.8 Å². The van der Waals surface area contributed by atoms with Crippen molar-refractivity contribution in [3.05, 3.63) is 63.7 Å². The van der Waals surface area contributed by atoms with Crippen LogP contribution in [0.3, 0.4) is 0 Å². The average Bonchev–Trinajstić information content (AvgIpc) is 3.13. The smallest absolute Gasteiger partial charge is 0.451 e. The molecule has 186 valence electrons. The maximum atomic E-state index is 13.7. The number of Topliss-reactive ketones (excluding diaryl/α,β-unsaturated/α-hetero) is 2. The number of fused-ring (bicyclic) bond motifs is 2. The Kier molecular flexibility index (Phi) is 6.90. The third-order valence-electron chi connectivity index (χ3n) is 6.47. The number of alkyl halides is 3. The first-order chi connectivity index (χ1) is 16.5. The largest absolute Gasteiger partial charge is 0.481 e. The normalized spacial score (nSPS) is 18.6. The fourth-order valence-corrected chi connectivity index (χ4v) is 4.90. The van der Waals surface area contributed by atoms with Crippen molar-refractivity contribution in [3.63, 3.8) is 0 Å². The van der Waals surface area contributed by atoms with Crippen molar-refractivity contribution >= 4 is 29.1 Å². The summed E-state index contributed by atoms with van der Waals surface area (Å²) in [7, 11) is 0. The van der Waals surface area contributed by atoms with Gasteiger partial charge in [0.05, 0.1) is 6.54 Å². The van der Waals surface area contributed by atoms with Gasteiger partial charge in [0.2, 0.25) is 5.78 Å². The monoisotopic (exact) mass is 509 g/mol. The van der Waals surface area contributed by atoms with E-state index in [1.165, 1.54) is 18.2 Å². The molecule has 1 unspecified atom stereocenters. The molecule has 1 fully saturated rings. The number of rotatable bonds is 6. The Morgan fingerprint density at radius 1 is 1.11 bits per heavy atom. The van der Waals surface area contributed by atoms with E-state index in [1.54, 1.807) is 6.07 Å². The summed E-state index contributed by atoms with van der Waals surface area (Å²) >= 11 is 6.14. The Bertz CT molecular complexity index is 1180. The van der Waals surface area contributed by atoms with E-state index in [-0.39, 0.29) is 16.1 Å². The number of ether oxygens (including phenoxy) is 1. The second-order valence-electron chi connectivity index (χ2n) is 8.64. The SMILES string of the molecule is NCc1ccc2c(c1)C1(CCNCC1)C(C(=O)c1cc(Cl)cc(C(=O)NCC(=O)C(F)(F)F)c1)O2.